The molecule has 1 unspecified atom stereocenters. The Morgan fingerprint density at radius 1 is 1.26 bits per heavy atom. The highest BCUT2D eigenvalue weighted by Crippen LogP contribution is 2.22. The minimum Gasteiger partial charge on any atom is -0.350 e. The van der Waals surface area contributed by atoms with Gasteiger partial charge in [0.25, 0.3) is 5.91 Å². The molecule has 156 valence electrons. The van der Waals surface area contributed by atoms with Crippen LogP contribution in [0.4, 0.5) is 4.79 Å². The van der Waals surface area contributed by atoms with Crippen molar-refractivity contribution >= 4 is 22.8 Å². The molecule has 4 rings (SSSR count). The first-order valence-corrected chi connectivity index (χ1v) is 9.98. The molecule has 1 aromatic heterocycles. The van der Waals surface area contributed by atoms with E-state index >= 15 is 0 Å². The van der Waals surface area contributed by atoms with E-state index in [1.54, 1.807) is 19.1 Å². The zero-order valence-electron chi connectivity index (χ0n) is 17.1. The van der Waals surface area contributed by atoms with Crippen LogP contribution in [0.1, 0.15) is 34.1 Å². The fourth-order valence-electron chi connectivity index (χ4n) is 3.60. The number of pyridine rings is 1. The number of aromatic nitrogens is 1. The Hall–Kier alpha value is -3.89. The molecule has 3 amide bonds. The number of para-hydroxylation sites is 1. The summed E-state index contributed by atoms with van der Waals surface area (Å²) in [7, 11) is 0. The molecule has 1 aliphatic heterocycles. The van der Waals surface area contributed by atoms with Crippen molar-refractivity contribution < 1.29 is 14.8 Å². The lowest BCUT2D eigenvalue weighted by Crippen LogP contribution is -2.38. The van der Waals surface area contributed by atoms with Crippen molar-refractivity contribution in [3.05, 3.63) is 77.0 Å². The van der Waals surface area contributed by atoms with Gasteiger partial charge in [-0.2, -0.15) is 5.06 Å². The normalized spacial score (nSPS) is 13.9. The predicted octanol–water partition coefficient (Wildman–Crippen LogP) is 2.94. The number of carbonyl (C=O) groups excluding carboxylic acids is 2. The van der Waals surface area contributed by atoms with Crippen LogP contribution in [0.5, 0.6) is 0 Å². The Bertz CT molecular complexity index is 1230. The monoisotopic (exact) mass is 414 g/mol. The molecule has 0 saturated heterocycles. The van der Waals surface area contributed by atoms with E-state index in [0.29, 0.717) is 35.7 Å². The predicted molar refractivity (Wildman–Crippen MR) is 116 cm³/mol. The van der Waals surface area contributed by atoms with Gasteiger partial charge in [0.15, 0.2) is 0 Å². The Morgan fingerprint density at radius 3 is 2.87 bits per heavy atom. The molecule has 1 atom stereocenters. The van der Waals surface area contributed by atoms with Gasteiger partial charge in [-0.1, -0.05) is 36.1 Å². The second-order valence-electron chi connectivity index (χ2n) is 7.47. The maximum atomic E-state index is 13.0. The summed E-state index contributed by atoms with van der Waals surface area (Å²) in [5.74, 6) is 5.67. The molecule has 7 heteroatoms. The number of rotatable bonds is 3. The van der Waals surface area contributed by atoms with E-state index in [0.717, 1.165) is 22.2 Å². The number of hydrogen-bond donors (Lipinski definition) is 2. The van der Waals surface area contributed by atoms with Gasteiger partial charge in [-0.3, -0.25) is 15.0 Å². The summed E-state index contributed by atoms with van der Waals surface area (Å²) in [6, 6.07) is 15.6. The van der Waals surface area contributed by atoms with Gasteiger partial charge in [-0.15, -0.1) is 0 Å². The number of nitrogens with zero attached hydrogens (tertiary/aromatic N) is 3. The van der Waals surface area contributed by atoms with Gasteiger partial charge in [0.1, 0.15) is 6.04 Å². The number of benzene rings is 2. The molecule has 3 N–H and O–H groups in total. The lowest BCUT2D eigenvalue weighted by molar-refractivity contribution is -0.0536. The van der Waals surface area contributed by atoms with Gasteiger partial charge < -0.3 is 10.6 Å². The van der Waals surface area contributed by atoms with Crippen LogP contribution < -0.4 is 5.73 Å². The quantitative estimate of drug-likeness (QED) is 0.391. The first-order valence-electron chi connectivity index (χ1n) is 9.98. The fourth-order valence-corrected chi connectivity index (χ4v) is 3.60. The summed E-state index contributed by atoms with van der Waals surface area (Å²) in [6.45, 7) is 2.62. The Morgan fingerprint density at radius 2 is 2.06 bits per heavy atom. The molecule has 2 heterocycles. The lowest BCUT2D eigenvalue weighted by Gasteiger charge is -2.28. The molecular formula is C24H22N4O3. The summed E-state index contributed by atoms with van der Waals surface area (Å²) in [5, 5.41) is 11.0. The van der Waals surface area contributed by atoms with Gasteiger partial charge >= 0.3 is 6.03 Å². The largest absolute Gasteiger partial charge is 0.350 e. The first-order chi connectivity index (χ1) is 14.9. The van der Waals surface area contributed by atoms with Gasteiger partial charge in [-0.05, 0) is 49.2 Å². The van der Waals surface area contributed by atoms with Crippen LogP contribution in [0.3, 0.4) is 0 Å². The summed E-state index contributed by atoms with van der Waals surface area (Å²) >= 11 is 0. The van der Waals surface area contributed by atoms with E-state index in [-0.39, 0.29) is 5.91 Å². The molecule has 0 spiro atoms. The van der Waals surface area contributed by atoms with Crippen molar-refractivity contribution in [2.45, 2.75) is 25.9 Å². The Balaban J connectivity index is 1.49. The highest BCUT2D eigenvalue weighted by atomic mass is 16.5. The molecule has 3 aromatic rings. The topological polar surface area (TPSA) is 99.8 Å². The van der Waals surface area contributed by atoms with Crippen molar-refractivity contribution in [2.75, 3.05) is 6.54 Å². The van der Waals surface area contributed by atoms with Crippen LogP contribution >= 0.6 is 0 Å². The molecule has 0 fully saturated rings. The molecule has 0 saturated carbocycles. The zero-order chi connectivity index (χ0) is 22.0. The van der Waals surface area contributed by atoms with Crippen LogP contribution in [-0.4, -0.2) is 44.7 Å². The number of nitrogens with two attached hydrogens (primary N) is 1. The van der Waals surface area contributed by atoms with Crippen molar-refractivity contribution in [2.24, 2.45) is 5.73 Å². The van der Waals surface area contributed by atoms with Crippen LogP contribution in [0.25, 0.3) is 10.9 Å². The first kappa shape index (κ1) is 20.4. The fraction of sp³-hybridized carbons (Fsp3) is 0.208. The van der Waals surface area contributed by atoms with Crippen molar-refractivity contribution in [3.63, 3.8) is 0 Å². The number of hydrogen-bond acceptors (Lipinski definition) is 4. The van der Waals surface area contributed by atoms with Crippen molar-refractivity contribution in [1.29, 1.82) is 0 Å². The standard InChI is InChI=1S/C24H22N4O3/c1-16(28(31)24(25)30)6-7-17-8-11-21-19(14-17)12-13-27(23(21)29)15-20-10-9-18-4-2-3-5-22(18)26-20/h2-5,8-11,14,16,31H,12-13,15H2,1H3,(H2,25,30). The summed E-state index contributed by atoms with van der Waals surface area (Å²) < 4.78 is 0. The van der Waals surface area contributed by atoms with E-state index in [2.05, 4.69) is 16.8 Å². The zero-order valence-corrected chi connectivity index (χ0v) is 17.1. The van der Waals surface area contributed by atoms with E-state index in [1.807, 2.05) is 47.4 Å². The van der Waals surface area contributed by atoms with Gasteiger partial charge in [-0.25, -0.2) is 4.79 Å². The summed E-state index contributed by atoms with van der Waals surface area (Å²) in [5.41, 5.74) is 9.10. The van der Waals surface area contributed by atoms with Gasteiger partial charge in [0.05, 0.1) is 17.8 Å². The van der Waals surface area contributed by atoms with Crippen molar-refractivity contribution in [3.8, 4) is 11.8 Å². The smallest absolute Gasteiger partial charge is 0.339 e. The number of hydroxylamine groups is 2. The SMILES string of the molecule is CC(C#Cc1ccc2c(c1)CCN(Cc1ccc3ccccc3n1)C2=O)N(O)C(N)=O. The number of fused-ring (bicyclic) bond motifs is 2. The third-order valence-electron chi connectivity index (χ3n) is 5.30. The highest BCUT2D eigenvalue weighted by molar-refractivity contribution is 5.97. The van der Waals surface area contributed by atoms with Gasteiger partial charge in [0.2, 0.25) is 0 Å². The molecule has 2 aromatic carbocycles. The summed E-state index contributed by atoms with van der Waals surface area (Å²) in [4.78, 5) is 30.5. The molecule has 1 aliphatic rings. The average Bonchev–Trinajstić information content (AvgIpc) is 2.78. The van der Waals surface area contributed by atoms with Crippen LogP contribution in [0.2, 0.25) is 0 Å². The van der Waals surface area contributed by atoms with Crippen LogP contribution in [0, 0.1) is 11.8 Å². The van der Waals surface area contributed by atoms with E-state index in [9.17, 15) is 14.8 Å². The third kappa shape index (κ3) is 4.34. The number of carbonyl (C=O) groups is 2. The second-order valence-corrected chi connectivity index (χ2v) is 7.47. The van der Waals surface area contributed by atoms with Gasteiger partial charge in [0, 0.05) is 23.1 Å². The highest BCUT2D eigenvalue weighted by Gasteiger charge is 2.24. The van der Waals surface area contributed by atoms with Crippen molar-refractivity contribution in [1.82, 2.24) is 14.9 Å². The average molecular weight is 414 g/mol. The van der Waals surface area contributed by atoms with Crippen LogP contribution in [-0.2, 0) is 13.0 Å². The third-order valence-corrected chi connectivity index (χ3v) is 5.30. The Labute approximate surface area is 180 Å². The maximum absolute atomic E-state index is 13.0. The van der Waals surface area contributed by atoms with Crippen LogP contribution in [0.15, 0.2) is 54.6 Å². The number of primary amides is 1. The second kappa shape index (κ2) is 8.46. The molecule has 0 radical (unpaired) electrons. The van der Waals surface area contributed by atoms with E-state index < -0.39 is 12.1 Å². The number of urea groups is 1. The van der Waals surface area contributed by atoms with E-state index in [4.69, 9.17) is 5.73 Å². The molecule has 0 aliphatic carbocycles. The Kier molecular flexibility index (Phi) is 5.56. The maximum Gasteiger partial charge on any atom is 0.339 e. The minimum atomic E-state index is -0.959. The molecule has 31 heavy (non-hydrogen) atoms. The number of amides is 3. The minimum absolute atomic E-state index is 0.0284. The summed E-state index contributed by atoms with van der Waals surface area (Å²) in [6.07, 6.45) is 0.715. The van der Waals surface area contributed by atoms with E-state index in [1.165, 1.54) is 0 Å². The molecular weight excluding hydrogens is 392 g/mol. The molecule has 7 nitrogen and oxygen atoms in total. The molecule has 0 bridgehead atoms. The lowest BCUT2D eigenvalue weighted by atomic mass is 9.96.